The normalized spacial score (nSPS) is 44.6. The van der Waals surface area contributed by atoms with Crippen LogP contribution in [-0.4, -0.2) is 0 Å². The third kappa shape index (κ3) is 0.945. The van der Waals surface area contributed by atoms with Crippen LogP contribution in [0.1, 0.15) is 38.5 Å². The quantitative estimate of drug-likeness (QED) is 0.501. The SMILES string of the molecule is C1=CCC23CC=CCC2(C1)CC=CC3. The Labute approximate surface area is 86.4 Å². The molecule has 0 radical (unpaired) electrons. The van der Waals surface area contributed by atoms with E-state index in [0.717, 1.165) is 0 Å². The van der Waals surface area contributed by atoms with Crippen LogP contribution >= 0.6 is 0 Å². The molecular weight excluding hydrogens is 168 g/mol. The Bertz CT molecular complexity index is 239. The highest BCUT2D eigenvalue weighted by atomic mass is 14.5. The van der Waals surface area contributed by atoms with Crippen molar-refractivity contribution in [3.05, 3.63) is 36.5 Å². The minimum Gasteiger partial charge on any atom is -0.0879 e. The maximum atomic E-state index is 2.41. The van der Waals surface area contributed by atoms with Crippen LogP contribution < -0.4 is 0 Å². The molecule has 0 aromatic heterocycles. The average molecular weight is 186 g/mol. The Morgan fingerprint density at radius 1 is 0.429 bits per heavy atom. The van der Waals surface area contributed by atoms with Crippen molar-refractivity contribution in [1.82, 2.24) is 0 Å². The van der Waals surface area contributed by atoms with Gasteiger partial charge in [0.25, 0.3) is 0 Å². The van der Waals surface area contributed by atoms with Gasteiger partial charge in [0.1, 0.15) is 0 Å². The molecule has 3 rings (SSSR count). The second-order valence-corrected chi connectivity index (χ2v) is 5.20. The van der Waals surface area contributed by atoms with Gasteiger partial charge < -0.3 is 0 Å². The van der Waals surface area contributed by atoms with Crippen LogP contribution in [0.25, 0.3) is 0 Å². The van der Waals surface area contributed by atoms with Crippen molar-refractivity contribution >= 4 is 0 Å². The molecule has 0 aliphatic heterocycles. The molecule has 0 amide bonds. The summed E-state index contributed by atoms with van der Waals surface area (Å²) in [6.45, 7) is 0. The molecule has 0 fully saturated rings. The smallest absolute Gasteiger partial charge is 0.0129 e. The Morgan fingerprint density at radius 3 is 0.857 bits per heavy atom. The summed E-state index contributed by atoms with van der Waals surface area (Å²) in [5.41, 5.74) is 1.18. The summed E-state index contributed by atoms with van der Waals surface area (Å²) in [4.78, 5) is 0. The number of allylic oxidation sites excluding steroid dienone is 6. The molecular formula is C14H18. The summed E-state index contributed by atoms with van der Waals surface area (Å²) < 4.78 is 0. The van der Waals surface area contributed by atoms with E-state index in [2.05, 4.69) is 36.5 Å². The number of hydrogen-bond donors (Lipinski definition) is 0. The lowest BCUT2D eigenvalue weighted by atomic mass is 9.49. The molecule has 0 aromatic carbocycles. The molecule has 0 saturated heterocycles. The highest BCUT2D eigenvalue weighted by Gasteiger charge is 2.50. The standard InChI is InChI=1S/C14H18/c1-2-8-14-11-5-3-9-13(14,7-1)10-4-6-12-14/h1-6H,7-12H2. The molecule has 0 nitrogen and oxygen atoms in total. The fourth-order valence-electron chi connectivity index (χ4n) is 3.65. The Morgan fingerprint density at radius 2 is 0.643 bits per heavy atom. The number of rotatable bonds is 0. The van der Waals surface area contributed by atoms with Gasteiger partial charge in [-0.25, -0.2) is 0 Å². The predicted octanol–water partition coefficient (Wildman–Crippen LogP) is 4.01. The van der Waals surface area contributed by atoms with E-state index in [-0.39, 0.29) is 0 Å². The monoisotopic (exact) mass is 186 g/mol. The topological polar surface area (TPSA) is 0 Å². The Balaban J connectivity index is 2.08. The van der Waals surface area contributed by atoms with Crippen LogP contribution in [-0.2, 0) is 0 Å². The average Bonchev–Trinajstić information content (AvgIpc) is 2.27. The second-order valence-electron chi connectivity index (χ2n) is 5.20. The third-order valence-corrected chi connectivity index (χ3v) is 4.68. The molecule has 3 aliphatic carbocycles. The van der Waals surface area contributed by atoms with Gasteiger partial charge in [0.15, 0.2) is 0 Å². The minimum absolute atomic E-state index is 0.589. The van der Waals surface area contributed by atoms with Gasteiger partial charge in [-0.15, -0.1) is 0 Å². The summed E-state index contributed by atoms with van der Waals surface area (Å²) in [5, 5.41) is 0. The van der Waals surface area contributed by atoms with E-state index in [1.807, 2.05) is 0 Å². The van der Waals surface area contributed by atoms with E-state index in [1.165, 1.54) is 38.5 Å². The Hall–Kier alpha value is -0.780. The summed E-state index contributed by atoms with van der Waals surface area (Å²) in [6.07, 6.45) is 22.3. The first-order valence-corrected chi connectivity index (χ1v) is 5.82. The van der Waals surface area contributed by atoms with Crippen LogP contribution in [0.3, 0.4) is 0 Å². The van der Waals surface area contributed by atoms with Gasteiger partial charge in [0.2, 0.25) is 0 Å². The fourth-order valence-corrected chi connectivity index (χ4v) is 3.65. The van der Waals surface area contributed by atoms with Crippen molar-refractivity contribution in [2.45, 2.75) is 38.5 Å². The van der Waals surface area contributed by atoms with Crippen LogP contribution in [0.4, 0.5) is 0 Å². The van der Waals surface area contributed by atoms with Gasteiger partial charge in [-0.1, -0.05) is 36.5 Å². The first-order valence-electron chi connectivity index (χ1n) is 5.82. The fraction of sp³-hybridized carbons (Fsp3) is 0.571. The molecule has 0 saturated carbocycles. The lowest BCUT2D eigenvalue weighted by Gasteiger charge is -2.55. The van der Waals surface area contributed by atoms with Gasteiger partial charge in [0, 0.05) is 0 Å². The van der Waals surface area contributed by atoms with E-state index in [4.69, 9.17) is 0 Å². The molecule has 0 N–H and O–H groups in total. The third-order valence-electron chi connectivity index (χ3n) is 4.68. The van der Waals surface area contributed by atoms with Gasteiger partial charge in [-0.05, 0) is 49.4 Å². The predicted molar refractivity (Wildman–Crippen MR) is 60.0 cm³/mol. The lowest BCUT2D eigenvalue weighted by Crippen LogP contribution is -2.45. The van der Waals surface area contributed by atoms with Crippen molar-refractivity contribution in [3.8, 4) is 0 Å². The summed E-state index contributed by atoms with van der Waals surface area (Å²) >= 11 is 0. The molecule has 0 atom stereocenters. The Kier molecular flexibility index (Phi) is 1.74. The zero-order valence-corrected chi connectivity index (χ0v) is 8.71. The summed E-state index contributed by atoms with van der Waals surface area (Å²) in [5.74, 6) is 0. The van der Waals surface area contributed by atoms with Crippen LogP contribution in [0.5, 0.6) is 0 Å². The van der Waals surface area contributed by atoms with Crippen LogP contribution in [0.2, 0.25) is 0 Å². The molecule has 0 heterocycles. The van der Waals surface area contributed by atoms with Gasteiger partial charge in [-0.2, -0.15) is 0 Å². The first kappa shape index (κ1) is 8.52. The van der Waals surface area contributed by atoms with Gasteiger partial charge in [-0.3, -0.25) is 0 Å². The van der Waals surface area contributed by atoms with Crippen LogP contribution in [0.15, 0.2) is 36.5 Å². The first-order chi connectivity index (χ1) is 6.87. The maximum Gasteiger partial charge on any atom is -0.0129 e. The molecule has 14 heavy (non-hydrogen) atoms. The molecule has 0 spiro atoms. The molecule has 3 aliphatic rings. The molecule has 0 unspecified atom stereocenters. The molecule has 0 heteroatoms. The van der Waals surface area contributed by atoms with E-state index >= 15 is 0 Å². The summed E-state index contributed by atoms with van der Waals surface area (Å²) in [7, 11) is 0. The van der Waals surface area contributed by atoms with E-state index in [0.29, 0.717) is 10.8 Å². The van der Waals surface area contributed by atoms with Crippen molar-refractivity contribution < 1.29 is 0 Å². The van der Waals surface area contributed by atoms with E-state index in [1.54, 1.807) is 0 Å². The molecule has 0 bridgehead atoms. The van der Waals surface area contributed by atoms with Crippen molar-refractivity contribution in [3.63, 3.8) is 0 Å². The largest absolute Gasteiger partial charge is 0.0879 e. The maximum absolute atomic E-state index is 2.41. The van der Waals surface area contributed by atoms with Gasteiger partial charge >= 0.3 is 0 Å². The summed E-state index contributed by atoms with van der Waals surface area (Å²) in [6, 6.07) is 0. The van der Waals surface area contributed by atoms with E-state index < -0.39 is 0 Å². The zero-order valence-electron chi connectivity index (χ0n) is 8.71. The molecule has 74 valence electrons. The second kappa shape index (κ2) is 2.85. The van der Waals surface area contributed by atoms with Crippen molar-refractivity contribution in [1.29, 1.82) is 0 Å². The van der Waals surface area contributed by atoms with E-state index in [9.17, 15) is 0 Å². The van der Waals surface area contributed by atoms with Crippen molar-refractivity contribution in [2.75, 3.05) is 0 Å². The van der Waals surface area contributed by atoms with Gasteiger partial charge in [0.05, 0.1) is 0 Å². The zero-order chi connectivity index (χ0) is 9.49. The number of hydrogen-bond acceptors (Lipinski definition) is 0. The highest BCUT2D eigenvalue weighted by molar-refractivity contribution is 5.22. The lowest BCUT2D eigenvalue weighted by molar-refractivity contribution is 0.0219. The molecule has 0 aromatic rings. The van der Waals surface area contributed by atoms with Crippen molar-refractivity contribution in [2.24, 2.45) is 10.8 Å². The minimum atomic E-state index is 0.589. The van der Waals surface area contributed by atoms with Crippen LogP contribution in [0, 0.1) is 10.8 Å². The highest BCUT2D eigenvalue weighted by Crippen LogP contribution is 2.61.